The molecule has 1 aliphatic carbocycles. The molecular weight excluding hydrogens is 394 g/mol. The predicted octanol–water partition coefficient (Wildman–Crippen LogP) is 4.12. The van der Waals surface area contributed by atoms with E-state index >= 15 is 0 Å². The molecule has 0 atom stereocenters. The highest BCUT2D eigenvalue weighted by atomic mass is 79.9. The van der Waals surface area contributed by atoms with Gasteiger partial charge in [0.15, 0.2) is 5.79 Å². The van der Waals surface area contributed by atoms with Gasteiger partial charge in [0.2, 0.25) is 0 Å². The summed E-state index contributed by atoms with van der Waals surface area (Å²) < 4.78 is 17.4. The van der Waals surface area contributed by atoms with Gasteiger partial charge in [-0.25, -0.2) is 4.79 Å². The Labute approximate surface area is 155 Å². The van der Waals surface area contributed by atoms with Gasteiger partial charge in [0.05, 0.1) is 34.7 Å². The summed E-state index contributed by atoms with van der Waals surface area (Å²) in [6.07, 6.45) is 3.94. The second-order valence-electron chi connectivity index (χ2n) is 6.30. The zero-order valence-corrected chi connectivity index (χ0v) is 16.8. The molecule has 3 rings (SSSR count). The Morgan fingerprint density at radius 1 is 1.38 bits per heavy atom. The SMILES string of the molecule is CCN(c1sc(Br)c(C(=O)OC)c1C)C1CCC2(CC1)OCCO2. The van der Waals surface area contributed by atoms with Gasteiger partial charge in [-0.05, 0) is 48.2 Å². The first-order valence-corrected chi connectivity index (χ1v) is 10.0. The van der Waals surface area contributed by atoms with Crippen LogP contribution in [0.25, 0.3) is 0 Å². The Morgan fingerprint density at radius 2 is 2.00 bits per heavy atom. The minimum Gasteiger partial charge on any atom is -0.465 e. The van der Waals surface area contributed by atoms with E-state index in [0.717, 1.165) is 46.6 Å². The molecule has 5 nitrogen and oxygen atoms in total. The smallest absolute Gasteiger partial charge is 0.340 e. The monoisotopic (exact) mass is 417 g/mol. The Hall–Kier alpha value is -0.630. The van der Waals surface area contributed by atoms with Crippen molar-refractivity contribution in [2.45, 2.75) is 51.4 Å². The zero-order valence-electron chi connectivity index (χ0n) is 14.4. The van der Waals surface area contributed by atoms with Gasteiger partial charge in [-0.2, -0.15) is 0 Å². The van der Waals surface area contributed by atoms with Gasteiger partial charge >= 0.3 is 5.97 Å². The number of methoxy groups -OCH3 is 1. The first kappa shape index (κ1) is 18.2. The van der Waals surface area contributed by atoms with Crippen LogP contribution in [0.4, 0.5) is 5.00 Å². The molecule has 134 valence electrons. The Morgan fingerprint density at radius 3 is 2.54 bits per heavy atom. The van der Waals surface area contributed by atoms with E-state index in [1.807, 2.05) is 6.92 Å². The maximum absolute atomic E-state index is 12.0. The molecule has 2 aliphatic rings. The zero-order chi connectivity index (χ0) is 17.3. The van der Waals surface area contributed by atoms with Crippen LogP contribution in [0.1, 0.15) is 48.5 Å². The number of esters is 1. The molecule has 24 heavy (non-hydrogen) atoms. The van der Waals surface area contributed by atoms with Crippen molar-refractivity contribution in [2.24, 2.45) is 0 Å². The lowest BCUT2D eigenvalue weighted by molar-refractivity contribution is -0.178. The molecule has 0 N–H and O–H groups in total. The van der Waals surface area contributed by atoms with E-state index in [-0.39, 0.29) is 11.8 Å². The number of anilines is 1. The van der Waals surface area contributed by atoms with Crippen LogP contribution in [0.5, 0.6) is 0 Å². The third-order valence-electron chi connectivity index (χ3n) is 5.04. The van der Waals surface area contributed by atoms with Crippen molar-refractivity contribution in [1.82, 2.24) is 0 Å². The summed E-state index contributed by atoms with van der Waals surface area (Å²) in [4.78, 5) is 14.4. The first-order chi connectivity index (χ1) is 11.5. The van der Waals surface area contributed by atoms with E-state index in [1.165, 1.54) is 7.11 Å². The van der Waals surface area contributed by atoms with Gasteiger partial charge < -0.3 is 19.1 Å². The van der Waals surface area contributed by atoms with Crippen molar-refractivity contribution in [3.8, 4) is 0 Å². The number of hydrogen-bond donors (Lipinski definition) is 0. The average molecular weight is 418 g/mol. The molecule has 1 saturated heterocycles. The Kier molecular flexibility index (Phi) is 5.54. The fraction of sp³-hybridized carbons (Fsp3) is 0.706. The summed E-state index contributed by atoms with van der Waals surface area (Å²) in [5, 5.41) is 1.15. The molecular formula is C17H24BrNO4S. The normalized spacial score (nSPS) is 20.5. The molecule has 1 aliphatic heterocycles. The number of nitrogens with zero attached hydrogens (tertiary/aromatic N) is 1. The number of rotatable bonds is 4. The van der Waals surface area contributed by atoms with Crippen molar-refractivity contribution in [3.63, 3.8) is 0 Å². The van der Waals surface area contributed by atoms with Crippen LogP contribution < -0.4 is 4.90 Å². The van der Waals surface area contributed by atoms with E-state index < -0.39 is 0 Å². The molecule has 2 fully saturated rings. The van der Waals surface area contributed by atoms with Crippen LogP contribution in [0.3, 0.4) is 0 Å². The maximum Gasteiger partial charge on any atom is 0.340 e. The summed E-state index contributed by atoms with van der Waals surface area (Å²) in [6.45, 7) is 6.49. The van der Waals surface area contributed by atoms with E-state index in [0.29, 0.717) is 24.8 Å². The van der Waals surface area contributed by atoms with Gasteiger partial charge in [-0.1, -0.05) is 0 Å². The molecule has 1 spiro atoms. The fourth-order valence-corrected chi connectivity index (χ4v) is 5.86. The lowest BCUT2D eigenvalue weighted by atomic mass is 9.89. The molecule has 1 aromatic rings. The summed E-state index contributed by atoms with van der Waals surface area (Å²) in [5.41, 5.74) is 1.64. The van der Waals surface area contributed by atoms with Crippen LogP contribution in [0.15, 0.2) is 3.79 Å². The highest BCUT2D eigenvalue weighted by molar-refractivity contribution is 9.11. The number of carbonyl (C=O) groups is 1. The number of hydrogen-bond acceptors (Lipinski definition) is 6. The second kappa shape index (κ2) is 7.32. The van der Waals surface area contributed by atoms with E-state index in [2.05, 4.69) is 27.8 Å². The largest absolute Gasteiger partial charge is 0.465 e. The number of thiophene rings is 1. The van der Waals surface area contributed by atoms with Crippen LogP contribution >= 0.6 is 27.3 Å². The lowest BCUT2D eigenvalue weighted by Crippen LogP contribution is -2.44. The molecule has 0 radical (unpaired) electrons. The van der Waals surface area contributed by atoms with Gasteiger partial charge in [-0.15, -0.1) is 11.3 Å². The van der Waals surface area contributed by atoms with Crippen molar-refractivity contribution in [3.05, 3.63) is 14.9 Å². The maximum atomic E-state index is 12.0. The molecule has 1 aromatic heterocycles. The Bertz CT molecular complexity index is 602. The summed E-state index contributed by atoms with van der Waals surface area (Å²) >= 11 is 5.14. The second-order valence-corrected chi connectivity index (χ2v) is 8.61. The van der Waals surface area contributed by atoms with Crippen LogP contribution in [0.2, 0.25) is 0 Å². The van der Waals surface area contributed by atoms with E-state index in [9.17, 15) is 4.79 Å². The van der Waals surface area contributed by atoms with Gasteiger partial charge in [0.25, 0.3) is 0 Å². The molecule has 0 amide bonds. The van der Waals surface area contributed by atoms with Gasteiger partial charge in [0.1, 0.15) is 0 Å². The van der Waals surface area contributed by atoms with Crippen LogP contribution in [-0.2, 0) is 14.2 Å². The third-order valence-corrected chi connectivity index (χ3v) is 7.04. The van der Waals surface area contributed by atoms with Crippen LogP contribution in [0, 0.1) is 6.92 Å². The van der Waals surface area contributed by atoms with Crippen molar-refractivity contribution in [2.75, 3.05) is 31.8 Å². The van der Waals surface area contributed by atoms with Crippen molar-refractivity contribution >= 4 is 38.2 Å². The molecule has 7 heteroatoms. The first-order valence-electron chi connectivity index (χ1n) is 8.43. The lowest BCUT2D eigenvalue weighted by Gasteiger charge is -2.40. The topological polar surface area (TPSA) is 48.0 Å². The average Bonchev–Trinajstić information content (AvgIpc) is 3.15. The summed E-state index contributed by atoms with van der Waals surface area (Å²) in [6, 6.07) is 0.447. The highest BCUT2D eigenvalue weighted by Gasteiger charge is 2.42. The molecule has 2 heterocycles. The van der Waals surface area contributed by atoms with Crippen LogP contribution in [-0.4, -0.2) is 44.7 Å². The third kappa shape index (κ3) is 3.23. The molecule has 1 saturated carbocycles. The quantitative estimate of drug-likeness (QED) is 0.689. The predicted molar refractivity (Wildman–Crippen MR) is 98.0 cm³/mol. The minimum absolute atomic E-state index is 0.284. The van der Waals surface area contributed by atoms with E-state index in [1.54, 1.807) is 11.3 Å². The van der Waals surface area contributed by atoms with E-state index in [4.69, 9.17) is 14.2 Å². The molecule has 0 aromatic carbocycles. The number of carbonyl (C=O) groups excluding carboxylic acids is 1. The number of halogens is 1. The minimum atomic E-state index is -0.335. The van der Waals surface area contributed by atoms with Crippen molar-refractivity contribution < 1.29 is 19.0 Å². The van der Waals surface area contributed by atoms with Gasteiger partial charge in [-0.3, -0.25) is 0 Å². The standard InChI is InChI=1S/C17H24BrNO4S/c1-4-19(12-5-7-17(8-6-12)22-9-10-23-17)15-11(2)13(14(18)24-15)16(20)21-3/h12H,4-10H2,1-3H3. The fourth-order valence-electron chi connectivity index (χ4n) is 3.78. The molecule has 0 bridgehead atoms. The van der Waals surface area contributed by atoms with Crippen molar-refractivity contribution in [1.29, 1.82) is 0 Å². The number of ether oxygens (including phenoxy) is 3. The summed E-state index contributed by atoms with van der Waals surface area (Å²) in [5.74, 6) is -0.619. The van der Waals surface area contributed by atoms with Gasteiger partial charge in [0, 0.05) is 25.4 Å². The highest BCUT2D eigenvalue weighted by Crippen LogP contribution is 2.43. The summed E-state index contributed by atoms with van der Waals surface area (Å²) in [7, 11) is 1.42. The Balaban J connectivity index is 1.79. The molecule has 0 unspecified atom stereocenters.